The fourth-order valence-electron chi connectivity index (χ4n) is 2.31. The van der Waals surface area contributed by atoms with Crippen molar-refractivity contribution in [3.63, 3.8) is 0 Å². The molecule has 3 N–H and O–H groups in total. The molecular weight excluding hydrogens is 232 g/mol. The number of ether oxygens (including phenoxy) is 1. The van der Waals surface area contributed by atoms with E-state index in [9.17, 15) is 4.79 Å². The lowest BCUT2D eigenvalue weighted by Gasteiger charge is -2.32. The van der Waals surface area contributed by atoms with Crippen molar-refractivity contribution < 1.29 is 14.6 Å². The van der Waals surface area contributed by atoms with Crippen molar-refractivity contribution in [3.8, 4) is 0 Å². The molecule has 1 aliphatic rings. The fraction of sp³-hybridized carbons (Fsp3) is 0.923. The maximum absolute atomic E-state index is 12.0. The first kappa shape index (κ1) is 15.4. The highest BCUT2D eigenvalue weighted by atomic mass is 16.5. The first-order valence-electron chi connectivity index (χ1n) is 6.87. The molecule has 5 nitrogen and oxygen atoms in total. The van der Waals surface area contributed by atoms with E-state index < -0.39 is 0 Å². The molecule has 0 aliphatic carbocycles. The zero-order valence-corrected chi connectivity index (χ0v) is 11.5. The van der Waals surface area contributed by atoms with Gasteiger partial charge in [0.25, 0.3) is 0 Å². The van der Waals surface area contributed by atoms with Crippen LogP contribution in [0.5, 0.6) is 0 Å². The van der Waals surface area contributed by atoms with Crippen LogP contribution in [0, 0.1) is 5.41 Å². The highest BCUT2D eigenvalue weighted by Gasteiger charge is 2.28. The van der Waals surface area contributed by atoms with E-state index in [2.05, 4.69) is 24.5 Å². The van der Waals surface area contributed by atoms with Gasteiger partial charge in [-0.05, 0) is 24.7 Å². The van der Waals surface area contributed by atoms with Gasteiger partial charge in [0.2, 0.25) is 5.91 Å². The van der Waals surface area contributed by atoms with Crippen LogP contribution in [0.4, 0.5) is 0 Å². The number of aliphatic hydroxyl groups excluding tert-OH is 1. The van der Waals surface area contributed by atoms with Crippen LogP contribution in [-0.2, 0) is 9.53 Å². The first-order valence-corrected chi connectivity index (χ1v) is 6.87. The summed E-state index contributed by atoms with van der Waals surface area (Å²) in [6.07, 6.45) is 2.65. The standard InChI is InChI=1S/C13H26N2O3/c1-3-13(4-2,5-7-16)10-15-12(17)11-9-18-8-6-14-11/h11,14,16H,3-10H2,1-2H3,(H,15,17). The molecule has 1 aliphatic heterocycles. The van der Waals surface area contributed by atoms with E-state index in [1.54, 1.807) is 0 Å². The Balaban J connectivity index is 2.43. The summed E-state index contributed by atoms with van der Waals surface area (Å²) in [5, 5.41) is 15.3. The van der Waals surface area contributed by atoms with Gasteiger partial charge in [-0.25, -0.2) is 0 Å². The third-order valence-electron chi connectivity index (χ3n) is 4.02. The van der Waals surface area contributed by atoms with E-state index in [1.165, 1.54) is 0 Å². The molecule has 18 heavy (non-hydrogen) atoms. The molecule has 1 fully saturated rings. The average Bonchev–Trinajstić information content (AvgIpc) is 2.44. The van der Waals surface area contributed by atoms with Gasteiger partial charge in [0, 0.05) is 19.7 Å². The molecule has 0 radical (unpaired) electrons. The number of hydrogen-bond acceptors (Lipinski definition) is 4. The molecular formula is C13H26N2O3. The molecule has 1 atom stereocenters. The van der Waals surface area contributed by atoms with Gasteiger partial charge < -0.3 is 20.5 Å². The summed E-state index contributed by atoms with van der Waals surface area (Å²) in [7, 11) is 0. The number of carbonyl (C=O) groups is 1. The van der Waals surface area contributed by atoms with Gasteiger partial charge in [0.1, 0.15) is 6.04 Å². The number of hydrogen-bond donors (Lipinski definition) is 3. The number of morpholine rings is 1. The van der Waals surface area contributed by atoms with Crippen LogP contribution in [0.3, 0.4) is 0 Å². The van der Waals surface area contributed by atoms with Gasteiger partial charge in [0.15, 0.2) is 0 Å². The summed E-state index contributed by atoms with van der Waals surface area (Å²) < 4.78 is 5.27. The zero-order chi connectivity index (χ0) is 13.4. The predicted molar refractivity (Wildman–Crippen MR) is 70.3 cm³/mol. The van der Waals surface area contributed by atoms with Crippen LogP contribution in [0.1, 0.15) is 33.1 Å². The van der Waals surface area contributed by atoms with Crippen molar-refractivity contribution in [2.75, 3.05) is 32.9 Å². The molecule has 1 unspecified atom stereocenters. The molecule has 0 aromatic heterocycles. The average molecular weight is 258 g/mol. The molecule has 0 saturated carbocycles. The third kappa shape index (κ3) is 4.23. The maximum atomic E-state index is 12.0. The number of nitrogens with one attached hydrogen (secondary N) is 2. The molecule has 1 rings (SSSR count). The van der Waals surface area contributed by atoms with E-state index in [0.29, 0.717) is 19.8 Å². The minimum atomic E-state index is -0.237. The van der Waals surface area contributed by atoms with Crippen molar-refractivity contribution in [2.24, 2.45) is 5.41 Å². The van der Waals surface area contributed by atoms with E-state index in [1.807, 2.05) is 0 Å². The third-order valence-corrected chi connectivity index (χ3v) is 4.02. The van der Waals surface area contributed by atoms with Crippen LogP contribution in [0.25, 0.3) is 0 Å². The Bertz CT molecular complexity index is 249. The summed E-state index contributed by atoms with van der Waals surface area (Å²) in [5.74, 6) is -0.00100. The second kappa shape index (κ2) is 7.71. The van der Waals surface area contributed by atoms with Crippen molar-refractivity contribution in [3.05, 3.63) is 0 Å². The lowest BCUT2D eigenvalue weighted by Crippen LogP contribution is -2.52. The normalized spacial score (nSPS) is 20.7. The lowest BCUT2D eigenvalue weighted by atomic mass is 9.79. The van der Waals surface area contributed by atoms with E-state index in [4.69, 9.17) is 9.84 Å². The summed E-state index contributed by atoms with van der Waals surface area (Å²) in [6.45, 7) is 6.83. The van der Waals surface area contributed by atoms with Crippen LogP contribution >= 0.6 is 0 Å². The second-order valence-corrected chi connectivity index (χ2v) is 4.98. The molecule has 0 aromatic rings. The number of carbonyl (C=O) groups excluding carboxylic acids is 1. The number of amides is 1. The molecule has 5 heteroatoms. The largest absolute Gasteiger partial charge is 0.396 e. The summed E-state index contributed by atoms with van der Waals surface area (Å²) in [5.41, 5.74) is 0.0138. The molecule has 1 heterocycles. The van der Waals surface area contributed by atoms with Gasteiger partial charge in [0.05, 0.1) is 13.2 Å². The highest BCUT2D eigenvalue weighted by Crippen LogP contribution is 2.29. The fourth-order valence-corrected chi connectivity index (χ4v) is 2.31. The first-order chi connectivity index (χ1) is 8.67. The van der Waals surface area contributed by atoms with Crippen LogP contribution < -0.4 is 10.6 Å². The van der Waals surface area contributed by atoms with Gasteiger partial charge in [-0.15, -0.1) is 0 Å². The number of rotatable bonds is 7. The lowest BCUT2D eigenvalue weighted by molar-refractivity contribution is -0.126. The quantitative estimate of drug-likeness (QED) is 0.613. The summed E-state index contributed by atoms with van der Waals surface area (Å²) >= 11 is 0. The Kier molecular flexibility index (Phi) is 6.60. The Morgan fingerprint density at radius 1 is 1.50 bits per heavy atom. The molecule has 0 bridgehead atoms. The van der Waals surface area contributed by atoms with E-state index >= 15 is 0 Å². The minimum absolute atomic E-state index is 0.00100. The Morgan fingerprint density at radius 2 is 2.22 bits per heavy atom. The van der Waals surface area contributed by atoms with Crippen LogP contribution in [-0.4, -0.2) is 50.0 Å². The molecule has 1 amide bonds. The Morgan fingerprint density at radius 3 is 2.72 bits per heavy atom. The summed E-state index contributed by atoms with van der Waals surface area (Å²) in [6, 6.07) is -0.237. The van der Waals surface area contributed by atoms with Gasteiger partial charge in [-0.1, -0.05) is 13.8 Å². The molecule has 1 saturated heterocycles. The van der Waals surface area contributed by atoms with Gasteiger partial charge in [-0.2, -0.15) is 0 Å². The van der Waals surface area contributed by atoms with E-state index in [-0.39, 0.29) is 24.0 Å². The monoisotopic (exact) mass is 258 g/mol. The highest BCUT2D eigenvalue weighted by molar-refractivity contribution is 5.82. The molecule has 106 valence electrons. The van der Waals surface area contributed by atoms with Crippen molar-refractivity contribution in [2.45, 2.75) is 39.2 Å². The van der Waals surface area contributed by atoms with Gasteiger partial charge in [-0.3, -0.25) is 4.79 Å². The SMILES string of the molecule is CCC(CC)(CCO)CNC(=O)C1COCCN1. The maximum Gasteiger partial charge on any atom is 0.239 e. The Hall–Kier alpha value is -0.650. The van der Waals surface area contributed by atoms with Crippen molar-refractivity contribution in [1.29, 1.82) is 0 Å². The summed E-state index contributed by atoms with van der Waals surface area (Å²) in [4.78, 5) is 12.0. The second-order valence-electron chi connectivity index (χ2n) is 4.98. The van der Waals surface area contributed by atoms with Crippen molar-refractivity contribution in [1.82, 2.24) is 10.6 Å². The van der Waals surface area contributed by atoms with Crippen molar-refractivity contribution >= 4 is 5.91 Å². The smallest absolute Gasteiger partial charge is 0.239 e. The van der Waals surface area contributed by atoms with Crippen LogP contribution in [0.15, 0.2) is 0 Å². The predicted octanol–water partition coefficient (Wildman–Crippen LogP) is 0.280. The minimum Gasteiger partial charge on any atom is -0.396 e. The topological polar surface area (TPSA) is 70.6 Å². The molecule has 0 spiro atoms. The molecule has 0 aromatic carbocycles. The zero-order valence-electron chi connectivity index (χ0n) is 11.5. The number of aliphatic hydroxyl groups is 1. The Labute approximate surface area is 109 Å². The van der Waals surface area contributed by atoms with Crippen LogP contribution in [0.2, 0.25) is 0 Å². The van der Waals surface area contributed by atoms with Gasteiger partial charge >= 0.3 is 0 Å². The van der Waals surface area contributed by atoms with E-state index in [0.717, 1.165) is 25.8 Å².